The van der Waals surface area contributed by atoms with E-state index in [1.54, 1.807) is 49.1 Å². The molecule has 0 bridgehead atoms. The molecule has 1 unspecified atom stereocenters. The molecule has 1 aliphatic rings. The predicted molar refractivity (Wildman–Crippen MR) is 119 cm³/mol. The standard InChI is InChI=1S/C23H24FN3O3S/c1-23(2,30)14-6-7-16(17(24)12-14)19-8-9-21(31-19)26-20-5-3-4-18(25-20)22(29)27-11-10-15(28)13-27/h3-9,12,15,28,30H,10-11,13H2,1-2H3,(H,25,26). The normalized spacial score (nSPS) is 16.5. The van der Waals surface area contributed by atoms with Crippen LogP contribution < -0.4 is 5.32 Å². The lowest BCUT2D eigenvalue weighted by molar-refractivity contribution is 0.0758. The highest BCUT2D eigenvalue weighted by Crippen LogP contribution is 2.35. The minimum Gasteiger partial charge on any atom is -0.391 e. The molecule has 1 fully saturated rings. The fourth-order valence-corrected chi connectivity index (χ4v) is 4.42. The molecule has 2 aromatic heterocycles. The first-order chi connectivity index (χ1) is 14.7. The summed E-state index contributed by atoms with van der Waals surface area (Å²) < 4.78 is 14.6. The molecule has 6 nitrogen and oxygen atoms in total. The maximum atomic E-state index is 14.6. The molecule has 1 saturated heterocycles. The first-order valence-corrected chi connectivity index (χ1v) is 10.9. The quantitative estimate of drug-likeness (QED) is 0.554. The summed E-state index contributed by atoms with van der Waals surface area (Å²) in [6.07, 6.45) is 0.0994. The van der Waals surface area contributed by atoms with E-state index < -0.39 is 17.5 Å². The Labute approximate surface area is 184 Å². The van der Waals surface area contributed by atoms with Gasteiger partial charge in [0.2, 0.25) is 0 Å². The summed E-state index contributed by atoms with van der Waals surface area (Å²) in [5, 5.41) is 23.6. The van der Waals surface area contributed by atoms with Crippen LogP contribution in [0.25, 0.3) is 10.4 Å². The Kier molecular flexibility index (Phi) is 5.79. The van der Waals surface area contributed by atoms with Gasteiger partial charge in [-0.2, -0.15) is 0 Å². The summed E-state index contributed by atoms with van der Waals surface area (Å²) in [6.45, 7) is 4.08. The highest BCUT2D eigenvalue weighted by Gasteiger charge is 2.26. The number of amides is 1. The summed E-state index contributed by atoms with van der Waals surface area (Å²) in [7, 11) is 0. The molecule has 162 valence electrons. The molecule has 0 spiro atoms. The second-order valence-electron chi connectivity index (χ2n) is 8.14. The van der Waals surface area contributed by atoms with Gasteiger partial charge in [-0.05, 0) is 56.2 Å². The average Bonchev–Trinajstić information content (AvgIpc) is 3.36. The maximum absolute atomic E-state index is 14.6. The van der Waals surface area contributed by atoms with Crippen LogP contribution in [0.3, 0.4) is 0 Å². The molecule has 1 amide bonds. The number of carbonyl (C=O) groups excluding carboxylic acids is 1. The van der Waals surface area contributed by atoms with Crippen molar-refractivity contribution in [3.63, 3.8) is 0 Å². The van der Waals surface area contributed by atoms with Crippen LogP contribution in [-0.2, 0) is 5.60 Å². The number of halogens is 1. The zero-order chi connectivity index (χ0) is 22.2. The highest BCUT2D eigenvalue weighted by atomic mass is 32.1. The molecular weight excluding hydrogens is 417 g/mol. The number of hydrogen-bond donors (Lipinski definition) is 3. The van der Waals surface area contributed by atoms with Crippen LogP contribution in [0.1, 0.15) is 36.3 Å². The van der Waals surface area contributed by atoms with Crippen molar-refractivity contribution < 1.29 is 19.4 Å². The van der Waals surface area contributed by atoms with E-state index in [9.17, 15) is 19.4 Å². The summed E-state index contributed by atoms with van der Waals surface area (Å²) in [6, 6.07) is 13.5. The van der Waals surface area contributed by atoms with Gasteiger partial charge in [0.05, 0.1) is 16.7 Å². The van der Waals surface area contributed by atoms with Gasteiger partial charge in [0.25, 0.3) is 5.91 Å². The molecule has 31 heavy (non-hydrogen) atoms. The van der Waals surface area contributed by atoms with Crippen LogP contribution >= 0.6 is 11.3 Å². The van der Waals surface area contributed by atoms with Crippen LogP contribution in [0, 0.1) is 5.82 Å². The molecule has 0 aliphatic carbocycles. The summed E-state index contributed by atoms with van der Waals surface area (Å²) in [5.74, 6) is -0.0931. The molecule has 1 aliphatic heterocycles. The number of rotatable bonds is 5. The largest absolute Gasteiger partial charge is 0.391 e. The van der Waals surface area contributed by atoms with Crippen molar-refractivity contribution in [1.29, 1.82) is 0 Å². The van der Waals surface area contributed by atoms with E-state index in [4.69, 9.17) is 0 Å². The van der Waals surface area contributed by atoms with Crippen molar-refractivity contribution in [3.05, 3.63) is 65.6 Å². The number of hydrogen-bond acceptors (Lipinski definition) is 6. The topological polar surface area (TPSA) is 85.7 Å². The number of aliphatic hydroxyl groups is 2. The number of carbonyl (C=O) groups is 1. The minimum absolute atomic E-state index is 0.207. The van der Waals surface area contributed by atoms with E-state index in [1.165, 1.54) is 17.4 Å². The number of β-amino-alcohol motifs (C(OH)–C–C–N with tert-alkyl or cyclic N) is 1. The smallest absolute Gasteiger partial charge is 0.272 e. The van der Waals surface area contributed by atoms with Crippen molar-refractivity contribution >= 4 is 28.1 Å². The van der Waals surface area contributed by atoms with Crippen molar-refractivity contribution in [2.24, 2.45) is 0 Å². The Bertz CT molecular complexity index is 1110. The fraction of sp³-hybridized carbons (Fsp3) is 0.304. The summed E-state index contributed by atoms with van der Waals surface area (Å²) >= 11 is 1.37. The first-order valence-electron chi connectivity index (χ1n) is 10.0. The van der Waals surface area contributed by atoms with Gasteiger partial charge in [-0.1, -0.05) is 18.2 Å². The summed E-state index contributed by atoms with van der Waals surface area (Å²) in [5.41, 5.74) is 0.169. The van der Waals surface area contributed by atoms with Crippen LogP contribution in [0.4, 0.5) is 15.2 Å². The minimum atomic E-state index is -1.11. The van der Waals surface area contributed by atoms with Crippen molar-refractivity contribution in [1.82, 2.24) is 9.88 Å². The SMILES string of the molecule is CC(C)(O)c1ccc(-c2ccc(Nc3cccc(C(=O)N4CCC(O)C4)n3)s2)c(F)c1. The Balaban J connectivity index is 1.50. The number of thiophene rings is 1. The first kappa shape index (κ1) is 21.4. The van der Waals surface area contributed by atoms with Crippen LogP contribution in [0.5, 0.6) is 0 Å². The van der Waals surface area contributed by atoms with Gasteiger partial charge in [-0.3, -0.25) is 4.79 Å². The molecule has 1 aromatic carbocycles. The van der Waals surface area contributed by atoms with Gasteiger partial charge in [0.1, 0.15) is 17.3 Å². The zero-order valence-electron chi connectivity index (χ0n) is 17.3. The molecule has 4 rings (SSSR count). The van der Waals surface area contributed by atoms with Gasteiger partial charge in [0.15, 0.2) is 0 Å². The van der Waals surface area contributed by atoms with Gasteiger partial charge in [0, 0.05) is 23.5 Å². The monoisotopic (exact) mass is 441 g/mol. The highest BCUT2D eigenvalue weighted by molar-refractivity contribution is 7.19. The van der Waals surface area contributed by atoms with Crippen LogP contribution in [0.2, 0.25) is 0 Å². The number of pyridine rings is 1. The molecule has 8 heteroatoms. The lowest BCUT2D eigenvalue weighted by Crippen LogP contribution is -2.30. The predicted octanol–water partition coefficient (Wildman–Crippen LogP) is 4.13. The second kappa shape index (κ2) is 8.37. The third kappa shape index (κ3) is 4.76. The number of benzene rings is 1. The number of aromatic nitrogens is 1. The Morgan fingerprint density at radius 2 is 2.06 bits per heavy atom. The van der Waals surface area contributed by atoms with Gasteiger partial charge in [-0.25, -0.2) is 9.37 Å². The molecule has 3 N–H and O–H groups in total. The van der Waals surface area contributed by atoms with E-state index in [-0.39, 0.29) is 5.91 Å². The van der Waals surface area contributed by atoms with E-state index in [1.807, 2.05) is 12.1 Å². The van der Waals surface area contributed by atoms with Crippen molar-refractivity contribution in [2.75, 3.05) is 18.4 Å². The van der Waals surface area contributed by atoms with Gasteiger partial charge < -0.3 is 20.4 Å². The Hall–Kier alpha value is -2.81. The van der Waals surface area contributed by atoms with Crippen LogP contribution in [0.15, 0.2) is 48.5 Å². The molecule has 0 saturated carbocycles. The molecule has 3 aromatic rings. The number of aliphatic hydroxyl groups excluding tert-OH is 1. The number of anilines is 2. The van der Waals surface area contributed by atoms with Gasteiger partial charge >= 0.3 is 0 Å². The summed E-state index contributed by atoms with van der Waals surface area (Å²) in [4.78, 5) is 19.3. The fourth-order valence-electron chi connectivity index (χ4n) is 3.48. The lowest BCUT2D eigenvalue weighted by Gasteiger charge is -2.18. The molecular formula is C23H24FN3O3S. The van der Waals surface area contributed by atoms with E-state index >= 15 is 0 Å². The van der Waals surface area contributed by atoms with Gasteiger partial charge in [-0.15, -0.1) is 11.3 Å². The van der Waals surface area contributed by atoms with Crippen molar-refractivity contribution in [2.45, 2.75) is 32.0 Å². The zero-order valence-corrected chi connectivity index (χ0v) is 18.1. The number of nitrogens with zero attached hydrogens (tertiary/aromatic N) is 2. The van der Waals surface area contributed by atoms with Crippen LogP contribution in [-0.4, -0.2) is 45.2 Å². The van der Waals surface area contributed by atoms with E-state index in [0.717, 1.165) is 9.88 Å². The molecule has 1 atom stereocenters. The van der Waals surface area contributed by atoms with E-state index in [0.29, 0.717) is 42.1 Å². The van der Waals surface area contributed by atoms with E-state index in [2.05, 4.69) is 10.3 Å². The Morgan fingerprint density at radius 1 is 1.26 bits per heavy atom. The Morgan fingerprint density at radius 3 is 2.74 bits per heavy atom. The number of likely N-dealkylation sites (tertiary alicyclic amines) is 1. The third-order valence-corrected chi connectivity index (χ3v) is 6.25. The third-order valence-electron chi connectivity index (χ3n) is 5.22. The number of nitrogens with one attached hydrogen (secondary N) is 1. The maximum Gasteiger partial charge on any atom is 0.272 e. The van der Waals surface area contributed by atoms with Crippen molar-refractivity contribution in [3.8, 4) is 10.4 Å². The molecule has 0 radical (unpaired) electrons. The lowest BCUT2D eigenvalue weighted by atomic mass is 9.97. The second-order valence-corrected chi connectivity index (χ2v) is 9.23. The molecule has 3 heterocycles. The average molecular weight is 442 g/mol.